The van der Waals surface area contributed by atoms with Gasteiger partial charge < -0.3 is 24.6 Å². The van der Waals surface area contributed by atoms with Crippen LogP contribution in [0.15, 0.2) is 42.9 Å². The zero-order valence-electron chi connectivity index (χ0n) is 14.6. The van der Waals surface area contributed by atoms with E-state index in [1.54, 1.807) is 10.9 Å². The topological polar surface area (TPSA) is 96.7 Å². The van der Waals surface area contributed by atoms with E-state index in [1.165, 1.54) is 11.9 Å². The predicted molar refractivity (Wildman–Crippen MR) is 94.1 cm³/mol. The number of likely N-dealkylation sites (N-methyl/N-ethyl adjacent to an activating group) is 1. The average molecular weight is 358 g/mol. The van der Waals surface area contributed by atoms with Crippen LogP contribution in [-0.4, -0.2) is 58.3 Å². The number of carbonyl (C=O) groups is 2. The first-order valence-corrected chi connectivity index (χ1v) is 8.46. The summed E-state index contributed by atoms with van der Waals surface area (Å²) in [6.45, 7) is 0.363. The molecular formula is C18H22N4O4. The fourth-order valence-electron chi connectivity index (χ4n) is 2.90. The number of ether oxygens (including phenoxy) is 1. The Balaban J connectivity index is 1.60. The molecule has 2 amide bonds. The van der Waals surface area contributed by atoms with E-state index in [4.69, 9.17) is 4.74 Å². The maximum Gasteiger partial charge on any atom is 0.410 e. The van der Waals surface area contributed by atoms with Crippen molar-refractivity contribution >= 4 is 12.0 Å². The van der Waals surface area contributed by atoms with Gasteiger partial charge in [0.1, 0.15) is 5.72 Å². The molecule has 138 valence electrons. The molecule has 2 aromatic rings. The average Bonchev–Trinajstić information content (AvgIpc) is 3.18. The van der Waals surface area contributed by atoms with Crippen molar-refractivity contribution in [2.75, 3.05) is 26.7 Å². The second kappa shape index (κ2) is 7.57. The van der Waals surface area contributed by atoms with E-state index >= 15 is 0 Å². The third-order valence-electron chi connectivity index (χ3n) is 4.56. The number of hydrogen-bond donors (Lipinski definition) is 2. The zero-order chi connectivity index (χ0) is 18.6. The summed E-state index contributed by atoms with van der Waals surface area (Å²) in [7, 11) is 1.48. The van der Waals surface area contributed by atoms with Crippen LogP contribution in [0.25, 0.3) is 11.3 Å². The Morgan fingerprint density at radius 3 is 2.62 bits per heavy atom. The fraction of sp³-hybridized carbons (Fsp3) is 0.389. The number of aliphatic hydroxyl groups is 1. The number of piperidine rings is 1. The van der Waals surface area contributed by atoms with Crippen molar-refractivity contribution in [3.8, 4) is 11.3 Å². The minimum atomic E-state index is -1.10. The fourth-order valence-corrected chi connectivity index (χ4v) is 2.90. The molecule has 8 heteroatoms. The van der Waals surface area contributed by atoms with Gasteiger partial charge in [-0.1, -0.05) is 30.3 Å². The first kappa shape index (κ1) is 17.9. The largest absolute Gasteiger partial charge is 0.439 e. The summed E-state index contributed by atoms with van der Waals surface area (Å²) in [4.78, 5) is 29.0. The van der Waals surface area contributed by atoms with E-state index < -0.39 is 11.8 Å². The van der Waals surface area contributed by atoms with Gasteiger partial charge in [0.15, 0.2) is 6.61 Å². The molecule has 2 heterocycles. The van der Waals surface area contributed by atoms with Crippen molar-refractivity contribution in [1.82, 2.24) is 19.8 Å². The van der Waals surface area contributed by atoms with Crippen molar-refractivity contribution in [3.63, 3.8) is 0 Å². The first-order chi connectivity index (χ1) is 12.5. The van der Waals surface area contributed by atoms with Gasteiger partial charge in [-0.15, -0.1) is 0 Å². The number of imidazole rings is 1. The summed E-state index contributed by atoms with van der Waals surface area (Å²) in [6.07, 6.45) is 3.59. The molecule has 1 aliphatic heterocycles. The highest BCUT2D eigenvalue weighted by molar-refractivity contribution is 5.79. The van der Waals surface area contributed by atoms with Crippen LogP contribution in [0.4, 0.5) is 4.79 Å². The van der Waals surface area contributed by atoms with Crippen molar-refractivity contribution < 1.29 is 19.4 Å². The molecule has 0 spiro atoms. The maximum absolute atomic E-state index is 12.0. The Kier molecular flexibility index (Phi) is 5.22. The molecule has 0 atom stereocenters. The molecule has 1 aliphatic rings. The minimum absolute atomic E-state index is 0.307. The highest BCUT2D eigenvalue weighted by atomic mass is 16.6. The van der Waals surface area contributed by atoms with Gasteiger partial charge in [-0.25, -0.2) is 9.78 Å². The van der Waals surface area contributed by atoms with Crippen LogP contribution in [0.2, 0.25) is 0 Å². The molecule has 0 unspecified atom stereocenters. The number of nitrogens with one attached hydrogen (secondary N) is 1. The SMILES string of the molecule is CNC(=O)COC(=O)N1CCC(O)(n2cnc(-c3ccccc3)c2)CC1. The van der Waals surface area contributed by atoms with E-state index in [0.717, 1.165) is 11.3 Å². The normalized spacial score (nSPS) is 16.2. The lowest BCUT2D eigenvalue weighted by Crippen LogP contribution is -2.48. The monoisotopic (exact) mass is 358 g/mol. The van der Waals surface area contributed by atoms with Gasteiger partial charge in [-0.2, -0.15) is 0 Å². The van der Waals surface area contributed by atoms with Crippen LogP contribution in [0.1, 0.15) is 12.8 Å². The van der Waals surface area contributed by atoms with Crippen molar-refractivity contribution in [2.45, 2.75) is 18.6 Å². The molecule has 2 N–H and O–H groups in total. The molecule has 0 aliphatic carbocycles. The third kappa shape index (κ3) is 3.85. The summed E-state index contributed by atoms with van der Waals surface area (Å²) in [6, 6.07) is 9.73. The molecule has 1 aromatic carbocycles. The number of nitrogens with zero attached hydrogens (tertiary/aromatic N) is 3. The molecule has 1 fully saturated rings. The van der Waals surface area contributed by atoms with E-state index in [9.17, 15) is 14.7 Å². The zero-order valence-corrected chi connectivity index (χ0v) is 14.6. The van der Waals surface area contributed by atoms with Crippen molar-refractivity contribution in [2.24, 2.45) is 0 Å². The van der Waals surface area contributed by atoms with Crippen LogP contribution >= 0.6 is 0 Å². The standard InChI is InChI=1S/C18H22N4O4/c1-19-16(23)12-26-17(24)21-9-7-18(25,8-10-21)22-11-15(20-13-22)14-5-3-2-4-6-14/h2-6,11,13,25H,7-10,12H2,1H3,(H,19,23). The van der Waals surface area contributed by atoms with E-state index in [2.05, 4.69) is 10.3 Å². The van der Waals surface area contributed by atoms with E-state index in [1.807, 2.05) is 36.5 Å². The lowest BCUT2D eigenvalue weighted by Gasteiger charge is -2.38. The Morgan fingerprint density at radius 2 is 1.96 bits per heavy atom. The van der Waals surface area contributed by atoms with Gasteiger partial charge in [0, 0.05) is 44.7 Å². The number of aromatic nitrogens is 2. The second-order valence-corrected chi connectivity index (χ2v) is 6.23. The van der Waals surface area contributed by atoms with Crippen LogP contribution in [0.3, 0.4) is 0 Å². The Morgan fingerprint density at radius 1 is 1.27 bits per heavy atom. The number of carbonyl (C=O) groups excluding carboxylic acids is 2. The highest BCUT2D eigenvalue weighted by Crippen LogP contribution is 2.29. The van der Waals surface area contributed by atoms with Gasteiger partial charge in [0.25, 0.3) is 5.91 Å². The van der Waals surface area contributed by atoms with Crippen molar-refractivity contribution in [1.29, 1.82) is 0 Å². The number of rotatable bonds is 4. The summed E-state index contributed by atoms with van der Waals surface area (Å²) in [5.41, 5.74) is 0.661. The van der Waals surface area contributed by atoms with E-state index in [-0.39, 0.29) is 12.5 Å². The molecule has 1 aromatic heterocycles. The summed E-state index contributed by atoms with van der Waals surface area (Å²) in [5.74, 6) is -0.362. The number of amides is 2. The van der Waals surface area contributed by atoms with Crippen LogP contribution < -0.4 is 5.32 Å². The predicted octanol–water partition coefficient (Wildman–Crippen LogP) is 1.17. The number of likely N-dealkylation sites (tertiary alicyclic amines) is 1. The van der Waals surface area contributed by atoms with Crippen LogP contribution in [-0.2, 0) is 15.3 Å². The third-order valence-corrected chi connectivity index (χ3v) is 4.56. The van der Waals surface area contributed by atoms with E-state index in [0.29, 0.717) is 25.9 Å². The Labute approximate surface area is 151 Å². The van der Waals surface area contributed by atoms with Crippen molar-refractivity contribution in [3.05, 3.63) is 42.9 Å². The number of benzene rings is 1. The van der Waals surface area contributed by atoms with Crippen LogP contribution in [0.5, 0.6) is 0 Å². The molecular weight excluding hydrogens is 336 g/mol. The van der Waals surface area contributed by atoms with Gasteiger partial charge >= 0.3 is 6.09 Å². The number of hydrogen-bond acceptors (Lipinski definition) is 5. The lowest BCUT2D eigenvalue weighted by molar-refractivity contribution is -0.124. The molecule has 1 saturated heterocycles. The highest BCUT2D eigenvalue weighted by Gasteiger charge is 2.36. The summed E-state index contributed by atoms with van der Waals surface area (Å²) < 4.78 is 6.64. The molecule has 26 heavy (non-hydrogen) atoms. The van der Waals surface area contributed by atoms with Gasteiger partial charge in [0.2, 0.25) is 0 Å². The lowest BCUT2D eigenvalue weighted by atomic mass is 10.0. The van der Waals surface area contributed by atoms with Crippen LogP contribution in [0, 0.1) is 0 Å². The smallest absolute Gasteiger partial charge is 0.410 e. The quantitative estimate of drug-likeness (QED) is 0.855. The molecule has 0 radical (unpaired) electrons. The molecule has 0 saturated carbocycles. The second-order valence-electron chi connectivity index (χ2n) is 6.23. The Bertz CT molecular complexity index is 767. The minimum Gasteiger partial charge on any atom is -0.439 e. The van der Waals surface area contributed by atoms with Gasteiger partial charge in [-0.3, -0.25) is 4.79 Å². The summed E-state index contributed by atoms with van der Waals surface area (Å²) >= 11 is 0. The molecule has 0 bridgehead atoms. The molecule has 3 rings (SSSR count). The van der Waals surface area contributed by atoms with Gasteiger partial charge in [0.05, 0.1) is 12.0 Å². The first-order valence-electron chi connectivity index (χ1n) is 8.46. The maximum atomic E-state index is 12.0. The Hall–Kier alpha value is -2.87. The van der Waals surface area contributed by atoms with Gasteiger partial charge in [-0.05, 0) is 0 Å². The summed E-state index contributed by atoms with van der Waals surface area (Å²) in [5, 5.41) is 13.3. The molecule has 8 nitrogen and oxygen atoms in total.